The number of amides is 1. The summed E-state index contributed by atoms with van der Waals surface area (Å²) in [6.07, 6.45) is 0. The Kier molecular flexibility index (Phi) is 7.12. The maximum Gasteiger partial charge on any atom is 0.257 e. The summed E-state index contributed by atoms with van der Waals surface area (Å²) in [4.78, 5) is 16.5. The van der Waals surface area contributed by atoms with Gasteiger partial charge in [-0.25, -0.2) is 0 Å². The summed E-state index contributed by atoms with van der Waals surface area (Å²) < 4.78 is 0. The van der Waals surface area contributed by atoms with Crippen molar-refractivity contribution in [3.05, 3.63) is 76.9 Å². The average Bonchev–Trinajstić information content (AvgIpc) is 3.24. The van der Waals surface area contributed by atoms with E-state index in [-0.39, 0.29) is 11.0 Å². The molecule has 0 atom stereocenters. The minimum atomic E-state index is -0.247. The largest absolute Gasteiger partial charge is 0.372 e. The van der Waals surface area contributed by atoms with Gasteiger partial charge in [-0.15, -0.1) is 10.2 Å². The Morgan fingerprint density at radius 3 is 2.17 bits per heavy atom. The van der Waals surface area contributed by atoms with Gasteiger partial charge in [0.15, 0.2) is 5.11 Å². The van der Waals surface area contributed by atoms with Crippen LogP contribution in [0.15, 0.2) is 54.6 Å². The summed E-state index contributed by atoms with van der Waals surface area (Å²) in [5, 5.41) is 15.4. The Morgan fingerprint density at radius 1 is 0.886 bits per heavy atom. The zero-order chi connectivity index (χ0) is 25.1. The highest BCUT2D eigenvalue weighted by atomic mass is 32.1. The van der Waals surface area contributed by atoms with E-state index in [0.717, 1.165) is 52.2 Å². The van der Waals surface area contributed by atoms with Crippen molar-refractivity contribution >= 4 is 45.6 Å². The van der Waals surface area contributed by atoms with Crippen LogP contribution in [0, 0.1) is 20.8 Å². The first-order chi connectivity index (χ1) is 16.8. The lowest BCUT2D eigenvalue weighted by Crippen LogP contribution is -2.34. The number of fused-ring (bicyclic) bond motifs is 1. The number of rotatable bonds is 6. The normalized spacial score (nSPS) is 10.9. The zero-order valence-corrected chi connectivity index (χ0v) is 21.5. The number of thiocarbonyl (C=S) groups is 1. The summed E-state index contributed by atoms with van der Waals surface area (Å²) in [5.41, 5.74) is 8.06. The molecule has 1 heterocycles. The van der Waals surface area contributed by atoms with E-state index in [4.69, 9.17) is 12.2 Å². The van der Waals surface area contributed by atoms with E-state index in [9.17, 15) is 4.79 Å². The Bertz CT molecular complexity index is 1390. The van der Waals surface area contributed by atoms with Gasteiger partial charge in [-0.1, -0.05) is 6.07 Å². The van der Waals surface area contributed by atoms with E-state index in [1.165, 1.54) is 5.69 Å². The van der Waals surface area contributed by atoms with E-state index < -0.39 is 0 Å². The van der Waals surface area contributed by atoms with Crippen LogP contribution in [0.1, 0.15) is 40.9 Å². The van der Waals surface area contributed by atoms with Crippen molar-refractivity contribution in [3.63, 3.8) is 0 Å². The summed E-state index contributed by atoms with van der Waals surface area (Å²) >= 11 is 5.40. The second-order valence-corrected chi connectivity index (χ2v) is 8.95. The Morgan fingerprint density at radius 2 is 1.54 bits per heavy atom. The molecule has 0 saturated heterocycles. The highest BCUT2D eigenvalue weighted by Gasteiger charge is 2.13. The molecule has 0 bridgehead atoms. The molecule has 0 aliphatic rings. The molecule has 0 aliphatic heterocycles. The quantitative estimate of drug-likeness (QED) is 0.359. The molecule has 3 aromatic carbocycles. The van der Waals surface area contributed by atoms with Crippen LogP contribution < -0.4 is 15.5 Å². The number of nitrogens with one attached hydrogen (secondary N) is 2. The van der Waals surface area contributed by atoms with Crippen molar-refractivity contribution in [1.82, 2.24) is 20.3 Å². The van der Waals surface area contributed by atoms with Crippen LogP contribution in [0.4, 0.5) is 11.4 Å². The number of nitrogens with zero attached hydrogens (tertiary/aromatic N) is 4. The van der Waals surface area contributed by atoms with Crippen LogP contribution >= 0.6 is 12.2 Å². The van der Waals surface area contributed by atoms with Crippen molar-refractivity contribution in [2.45, 2.75) is 34.6 Å². The fraction of sp³-hybridized carbons (Fsp3) is 0.259. The maximum atomic E-state index is 12.6. The van der Waals surface area contributed by atoms with Crippen molar-refractivity contribution < 1.29 is 4.79 Å². The summed E-state index contributed by atoms with van der Waals surface area (Å²) in [7, 11) is 0. The number of hydrogen-bond donors (Lipinski definition) is 2. The third-order valence-electron chi connectivity index (χ3n) is 6.18. The molecule has 8 heteroatoms. The van der Waals surface area contributed by atoms with Gasteiger partial charge in [-0.2, -0.15) is 4.80 Å². The highest BCUT2D eigenvalue weighted by molar-refractivity contribution is 7.80. The lowest BCUT2D eigenvalue weighted by atomic mass is 10.1. The number of anilines is 2. The van der Waals surface area contributed by atoms with E-state index in [1.54, 1.807) is 10.9 Å². The van der Waals surface area contributed by atoms with Crippen molar-refractivity contribution in [3.8, 4) is 5.69 Å². The number of aryl methyl sites for hydroxylation is 3. The standard InChI is InChI=1S/C27H30N6OS/c1-6-32(7-2)21-10-12-22(13-11-21)33-30-24-15-19(5)23(16-25(24)31-33)28-27(35)29-26(34)20-9-8-17(3)18(4)14-20/h8-16H,6-7H2,1-5H3,(H2,28,29,34,35). The molecule has 0 spiro atoms. The molecule has 4 aromatic rings. The fourth-order valence-corrected chi connectivity index (χ4v) is 4.12. The van der Waals surface area contributed by atoms with Gasteiger partial charge >= 0.3 is 0 Å². The third-order valence-corrected chi connectivity index (χ3v) is 6.38. The second-order valence-electron chi connectivity index (χ2n) is 8.54. The molecule has 1 amide bonds. The first kappa shape index (κ1) is 24.3. The predicted molar refractivity (Wildman–Crippen MR) is 147 cm³/mol. The number of benzene rings is 3. The van der Waals surface area contributed by atoms with Gasteiger partial charge < -0.3 is 10.2 Å². The lowest BCUT2D eigenvalue weighted by Gasteiger charge is -2.20. The molecular weight excluding hydrogens is 456 g/mol. The van der Waals surface area contributed by atoms with Crippen molar-refractivity contribution in [2.75, 3.05) is 23.3 Å². The van der Waals surface area contributed by atoms with Gasteiger partial charge in [0.1, 0.15) is 11.0 Å². The Hall–Kier alpha value is -3.78. The van der Waals surface area contributed by atoms with Gasteiger partial charge in [0.05, 0.1) is 5.69 Å². The maximum absolute atomic E-state index is 12.6. The second kappa shape index (κ2) is 10.2. The molecule has 180 valence electrons. The monoisotopic (exact) mass is 486 g/mol. The fourth-order valence-electron chi connectivity index (χ4n) is 3.92. The van der Waals surface area contributed by atoms with Gasteiger partial charge in [-0.3, -0.25) is 10.1 Å². The van der Waals surface area contributed by atoms with Gasteiger partial charge in [-0.05, 0) is 112 Å². The number of carbonyl (C=O) groups excluding carboxylic acids is 1. The summed E-state index contributed by atoms with van der Waals surface area (Å²) in [5.74, 6) is -0.247. The molecule has 7 nitrogen and oxygen atoms in total. The van der Waals surface area contributed by atoms with Crippen LogP contribution in [0.5, 0.6) is 0 Å². The topological polar surface area (TPSA) is 75.1 Å². The molecule has 35 heavy (non-hydrogen) atoms. The molecule has 2 N–H and O–H groups in total. The summed E-state index contributed by atoms with van der Waals surface area (Å²) in [6.45, 7) is 12.2. The van der Waals surface area contributed by atoms with Crippen molar-refractivity contribution in [1.29, 1.82) is 0 Å². The van der Waals surface area contributed by atoms with Gasteiger partial charge in [0.25, 0.3) is 5.91 Å². The first-order valence-electron chi connectivity index (χ1n) is 11.7. The minimum Gasteiger partial charge on any atom is -0.372 e. The van der Waals surface area contributed by atoms with Gasteiger partial charge in [0, 0.05) is 30.0 Å². The molecule has 4 rings (SSSR count). The van der Waals surface area contributed by atoms with E-state index in [2.05, 4.69) is 51.7 Å². The van der Waals surface area contributed by atoms with Crippen LogP contribution in [0.25, 0.3) is 16.7 Å². The Labute approximate surface area is 211 Å². The van der Waals surface area contributed by atoms with Crippen LogP contribution in [-0.2, 0) is 0 Å². The van der Waals surface area contributed by atoms with Crippen LogP contribution in [0.3, 0.4) is 0 Å². The zero-order valence-electron chi connectivity index (χ0n) is 20.7. The third kappa shape index (κ3) is 5.33. The highest BCUT2D eigenvalue weighted by Crippen LogP contribution is 2.23. The molecule has 1 aromatic heterocycles. The van der Waals surface area contributed by atoms with E-state index in [0.29, 0.717) is 5.56 Å². The van der Waals surface area contributed by atoms with Crippen LogP contribution in [0.2, 0.25) is 0 Å². The molecule has 0 saturated carbocycles. The Balaban J connectivity index is 1.50. The van der Waals surface area contributed by atoms with Crippen molar-refractivity contribution in [2.24, 2.45) is 0 Å². The van der Waals surface area contributed by atoms with Gasteiger partial charge in [0.2, 0.25) is 0 Å². The molecular formula is C27H30N6OS. The first-order valence-corrected chi connectivity index (χ1v) is 12.1. The number of hydrogen-bond acceptors (Lipinski definition) is 5. The predicted octanol–water partition coefficient (Wildman–Crippen LogP) is 5.32. The lowest BCUT2D eigenvalue weighted by molar-refractivity contribution is 0.0977. The number of aromatic nitrogens is 3. The molecule has 0 aliphatic carbocycles. The van der Waals surface area contributed by atoms with E-state index in [1.807, 2.05) is 57.2 Å². The molecule has 0 radical (unpaired) electrons. The summed E-state index contributed by atoms with van der Waals surface area (Å²) in [6, 6.07) is 17.7. The smallest absolute Gasteiger partial charge is 0.257 e. The van der Waals surface area contributed by atoms with E-state index >= 15 is 0 Å². The SMILES string of the molecule is CCN(CC)c1ccc(-n2nc3cc(C)c(NC(=S)NC(=O)c4ccc(C)c(C)c4)cc3n2)cc1. The minimum absolute atomic E-state index is 0.232. The van der Waals surface area contributed by atoms with Crippen LogP contribution in [-0.4, -0.2) is 39.1 Å². The molecule has 0 fully saturated rings. The molecule has 0 unspecified atom stereocenters. The average molecular weight is 487 g/mol. The number of carbonyl (C=O) groups is 1.